The molecule has 1 unspecified atom stereocenters. The van der Waals surface area contributed by atoms with E-state index in [1.165, 1.54) is 4.88 Å². The second-order valence-electron chi connectivity index (χ2n) is 4.45. The fraction of sp³-hybridized carbons (Fsp3) is 0.333. The molecule has 0 bridgehead atoms. The second kappa shape index (κ2) is 7.08. The zero-order valence-electron chi connectivity index (χ0n) is 11.2. The molecule has 19 heavy (non-hydrogen) atoms. The number of ether oxygens (including phenoxy) is 1. The predicted octanol–water partition coefficient (Wildman–Crippen LogP) is 4.55. The van der Waals surface area contributed by atoms with Crippen LogP contribution in [0.25, 0.3) is 0 Å². The largest absolute Gasteiger partial charge is 0.492 e. The molecule has 1 atom stereocenters. The monoisotopic (exact) mass is 339 g/mol. The maximum Gasteiger partial charge on any atom is 0.123 e. The Labute approximate surface area is 126 Å². The van der Waals surface area contributed by atoms with Crippen molar-refractivity contribution in [3.63, 3.8) is 0 Å². The molecule has 0 spiro atoms. The average molecular weight is 340 g/mol. The molecule has 2 aromatic rings. The van der Waals surface area contributed by atoms with Gasteiger partial charge in [0.15, 0.2) is 0 Å². The Kier molecular flexibility index (Phi) is 5.43. The first kappa shape index (κ1) is 14.6. The smallest absolute Gasteiger partial charge is 0.123 e. The summed E-state index contributed by atoms with van der Waals surface area (Å²) < 4.78 is 6.85. The van der Waals surface area contributed by atoms with Crippen molar-refractivity contribution in [2.24, 2.45) is 0 Å². The molecule has 0 amide bonds. The molecule has 0 aliphatic carbocycles. The lowest BCUT2D eigenvalue weighted by Crippen LogP contribution is -2.23. The van der Waals surface area contributed by atoms with Crippen molar-refractivity contribution in [2.75, 3.05) is 13.2 Å². The second-order valence-corrected chi connectivity index (χ2v) is 6.34. The van der Waals surface area contributed by atoms with E-state index in [9.17, 15) is 0 Å². The van der Waals surface area contributed by atoms with E-state index in [2.05, 4.69) is 58.7 Å². The third kappa shape index (κ3) is 4.34. The summed E-state index contributed by atoms with van der Waals surface area (Å²) in [7, 11) is 0. The van der Waals surface area contributed by atoms with Gasteiger partial charge in [0.05, 0.1) is 0 Å². The number of halogens is 1. The van der Waals surface area contributed by atoms with Crippen LogP contribution in [-0.2, 0) is 0 Å². The Hall–Kier alpha value is -0.840. The first-order valence-electron chi connectivity index (χ1n) is 6.32. The minimum Gasteiger partial charge on any atom is -0.492 e. The number of hydrogen-bond donors (Lipinski definition) is 1. The van der Waals surface area contributed by atoms with Gasteiger partial charge in [0.2, 0.25) is 0 Å². The highest BCUT2D eigenvalue weighted by Crippen LogP contribution is 2.23. The van der Waals surface area contributed by atoms with Crippen LogP contribution in [0.4, 0.5) is 0 Å². The molecule has 102 valence electrons. The molecule has 0 saturated heterocycles. The standard InChI is InChI=1S/C15H18BrNOS/c1-11-5-6-13(16)10-14(11)18-8-7-17-12(2)15-4-3-9-19-15/h3-6,9-10,12,17H,7-8H2,1-2H3. The Bertz CT molecular complexity index is 513. The molecule has 2 rings (SSSR count). The highest BCUT2D eigenvalue weighted by molar-refractivity contribution is 9.10. The zero-order valence-corrected chi connectivity index (χ0v) is 13.6. The summed E-state index contributed by atoms with van der Waals surface area (Å²) in [6.07, 6.45) is 0. The first-order valence-corrected chi connectivity index (χ1v) is 8.00. The summed E-state index contributed by atoms with van der Waals surface area (Å²) in [4.78, 5) is 1.36. The van der Waals surface area contributed by atoms with E-state index in [0.29, 0.717) is 12.6 Å². The lowest BCUT2D eigenvalue weighted by molar-refractivity contribution is 0.306. The van der Waals surface area contributed by atoms with E-state index in [1.807, 2.05) is 12.1 Å². The number of aryl methyl sites for hydroxylation is 1. The molecule has 4 heteroatoms. The van der Waals surface area contributed by atoms with Crippen molar-refractivity contribution in [3.8, 4) is 5.75 Å². The van der Waals surface area contributed by atoms with Crippen molar-refractivity contribution < 1.29 is 4.74 Å². The topological polar surface area (TPSA) is 21.3 Å². The van der Waals surface area contributed by atoms with Gasteiger partial charge in [-0.15, -0.1) is 11.3 Å². The number of hydrogen-bond acceptors (Lipinski definition) is 3. The van der Waals surface area contributed by atoms with Crippen LogP contribution in [0.15, 0.2) is 40.2 Å². The Balaban J connectivity index is 1.76. The molecule has 0 radical (unpaired) electrons. The van der Waals surface area contributed by atoms with E-state index < -0.39 is 0 Å². The van der Waals surface area contributed by atoms with Gasteiger partial charge in [-0.05, 0) is 43.0 Å². The summed E-state index contributed by atoms with van der Waals surface area (Å²) in [5.74, 6) is 0.944. The molecule has 0 aliphatic heterocycles. The Morgan fingerprint density at radius 2 is 2.21 bits per heavy atom. The van der Waals surface area contributed by atoms with Crippen molar-refractivity contribution in [2.45, 2.75) is 19.9 Å². The lowest BCUT2D eigenvalue weighted by Gasteiger charge is -2.13. The summed E-state index contributed by atoms with van der Waals surface area (Å²) in [6, 6.07) is 10.7. The number of benzene rings is 1. The molecule has 1 N–H and O–H groups in total. The van der Waals surface area contributed by atoms with Crippen LogP contribution < -0.4 is 10.1 Å². The third-order valence-corrected chi connectivity index (χ3v) is 4.48. The van der Waals surface area contributed by atoms with Gasteiger partial charge >= 0.3 is 0 Å². The van der Waals surface area contributed by atoms with E-state index in [4.69, 9.17) is 4.74 Å². The molecule has 0 fully saturated rings. The van der Waals surface area contributed by atoms with E-state index in [-0.39, 0.29) is 0 Å². The van der Waals surface area contributed by atoms with Gasteiger partial charge in [0.25, 0.3) is 0 Å². The Morgan fingerprint density at radius 1 is 1.37 bits per heavy atom. The van der Waals surface area contributed by atoms with Crippen molar-refractivity contribution in [1.82, 2.24) is 5.32 Å². The van der Waals surface area contributed by atoms with Crippen LogP contribution in [0.1, 0.15) is 23.4 Å². The fourth-order valence-corrected chi connectivity index (χ4v) is 2.90. The van der Waals surface area contributed by atoms with Gasteiger partial charge in [-0.1, -0.05) is 28.1 Å². The van der Waals surface area contributed by atoms with Gasteiger partial charge in [0.1, 0.15) is 12.4 Å². The molecule has 2 nitrogen and oxygen atoms in total. The fourth-order valence-electron chi connectivity index (χ4n) is 1.80. The predicted molar refractivity (Wildman–Crippen MR) is 85.1 cm³/mol. The molecular weight excluding hydrogens is 322 g/mol. The van der Waals surface area contributed by atoms with Gasteiger partial charge in [0, 0.05) is 21.9 Å². The van der Waals surface area contributed by atoms with Gasteiger partial charge in [-0.2, -0.15) is 0 Å². The van der Waals surface area contributed by atoms with E-state index in [1.54, 1.807) is 11.3 Å². The summed E-state index contributed by atoms with van der Waals surface area (Å²) in [5.41, 5.74) is 1.16. The van der Waals surface area contributed by atoms with E-state index >= 15 is 0 Å². The maximum atomic E-state index is 5.80. The van der Waals surface area contributed by atoms with Crippen molar-refractivity contribution in [3.05, 3.63) is 50.6 Å². The van der Waals surface area contributed by atoms with Crippen LogP contribution in [0.5, 0.6) is 5.75 Å². The highest BCUT2D eigenvalue weighted by Gasteiger charge is 2.05. The van der Waals surface area contributed by atoms with Crippen molar-refractivity contribution >= 4 is 27.3 Å². The normalized spacial score (nSPS) is 12.4. The Morgan fingerprint density at radius 3 is 2.95 bits per heavy atom. The van der Waals surface area contributed by atoms with E-state index in [0.717, 1.165) is 22.3 Å². The lowest BCUT2D eigenvalue weighted by atomic mass is 10.2. The van der Waals surface area contributed by atoms with Crippen LogP contribution in [-0.4, -0.2) is 13.2 Å². The SMILES string of the molecule is Cc1ccc(Br)cc1OCCNC(C)c1cccs1. The average Bonchev–Trinajstić information content (AvgIpc) is 2.92. The summed E-state index contributed by atoms with van der Waals surface area (Å²) >= 11 is 5.24. The third-order valence-electron chi connectivity index (χ3n) is 2.93. The van der Waals surface area contributed by atoms with Crippen molar-refractivity contribution in [1.29, 1.82) is 0 Å². The minimum atomic E-state index is 0.382. The zero-order chi connectivity index (χ0) is 13.7. The molecule has 0 saturated carbocycles. The van der Waals surface area contributed by atoms with Crippen LogP contribution in [0.2, 0.25) is 0 Å². The molecular formula is C15H18BrNOS. The number of thiophene rings is 1. The maximum absolute atomic E-state index is 5.80. The minimum absolute atomic E-state index is 0.382. The molecule has 1 heterocycles. The number of rotatable bonds is 6. The van der Waals surface area contributed by atoms with Gasteiger partial charge in [-0.3, -0.25) is 0 Å². The summed E-state index contributed by atoms with van der Waals surface area (Å²) in [5, 5.41) is 5.57. The molecule has 0 aliphatic rings. The van der Waals surface area contributed by atoms with Gasteiger partial charge in [-0.25, -0.2) is 0 Å². The summed E-state index contributed by atoms with van der Waals surface area (Å²) in [6.45, 7) is 5.75. The molecule has 1 aromatic carbocycles. The number of nitrogens with one attached hydrogen (secondary N) is 1. The van der Waals surface area contributed by atoms with Gasteiger partial charge < -0.3 is 10.1 Å². The quantitative estimate of drug-likeness (QED) is 0.779. The van der Waals surface area contributed by atoms with Crippen LogP contribution in [0, 0.1) is 6.92 Å². The molecule has 1 aromatic heterocycles. The van der Waals surface area contributed by atoms with Crippen LogP contribution >= 0.6 is 27.3 Å². The first-order chi connectivity index (χ1) is 9.16. The van der Waals surface area contributed by atoms with Crippen LogP contribution in [0.3, 0.4) is 0 Å². The highest BCUT2D eigenvalue weighted by atomic mass is 79.9.